The molecule has 4 nitrogen and oxygen atoms in total. The maximum Gasteiger partial charge on any atom is 0.244 e. The Balaban J connectivity index is 2.55. The fourth-order valence-electron chi connectivity index (χ4n) is 3.84. The molecule has 1 saturated carbocycles. The highest BCUT2D eigenvalue weighted by Crippen LogP contribution is 2.43. The minimum atomic E-state index is -3.73. The summed E-state index contributed by atoms with van der Waals surface area (Å²) in [5.74, 6) is 0.105. The lowest BCUT2D eigenvalue weighted by Gasteiger charge is -2.34. The van der Waals surface area contributed by atoms with Gasteiger partial charge in [-0.15, -0.1) is 0 Å². The minimum absolute atomic E-state index is 0.206. The number of carbonyl (C=O) groups is 1. The maximum absolute atomic E-state index is 13.6. The molecule has 0 unspecified atom stereocenters. The van der Waals surface area contributed by atoms with Crippen LogP contribution >= 0.6 is 0 Å². The predicted octanol–water partition coefficient (Wildman–Crippen LogP) is 3.89. The first kappa shape index (κ1) is 20.0. The number of carbonyl (C=O) groups excluding carboxylic acids is 1. The molecule has 1 aliphatic carbocycles. The van der Waals surface area contributed by atoms with Crippen molar-refractivity contribution in [2.75, 3.05) is 13.1 Å². The highest BCUT2D eigenvalue weighted by atomic mass is 32.2. The van der Waals surface area contributed by atoms with E-state index in [0.717, 1.165) is 24.0 Å². The monoisotopic (exact) mass is 365 g/mol. The second-order valence-corrected chi connectivity index (χ2v) is 9.94. The Morgan fingerprint density at radius 3 is 2.32 bits per heavy atom. The number of aryl methyl sites for hydroxylation is 2. The van der Waals surface area contributed by atoms with Crippen LogP contribution in [0, 0.1) is 19.8 Å². The van der Waals surface area contributed by atoms with Crippen LogP contribution in [0.3, 0.4) is 0 Å². The molecule has 5 heteroatoms. The van der Waals surface area contributed by atoms with E-state index in [1.165, 1.54) is 0 Å². The van der Waals surface area contributed by atoms with Gasteiger partial charge in [-0.2, -0.15) is 0 Å². The summed E-state index contributed by atoms with van der Waals surface area (Å²) in [6.07, 6.45) is 2.43. The summed E-state index contributed by atoms with van der Waals surface area (Å²) in [7, 11) is -3.73. The largest absolute Gasteiger partial charge is 0.341 e. The molecule has 1 amide bonds. The Morgan fingerprint density at radius 1 is 1.20 bits per heavy atom. The highest BCUT2D eigenvalue weighted by molar-refractivity contribution is 7.93. The van der Waals surface area contributed by atoms with E-state index in [4.69, 9.17) is 0 Å². The van der Waals surface area contributed by atoms with E-state index in [-0.39, 0.29) is 5.91 Å². The first-order chi connectivity index (χ1) is 11.7. The SMILES string of the molecule is CCN(CC(C)C)C(=O)C1(S(=O)(=O)c2cc(C)ccc2C)CCCC1. The van der Waals surface area contributed by atoms with Crippen molar-refractivity contribution in [1.29, 1.82) is 0 Å². The van der Waals surface area contributed by atoms with Gasteiger partial charge in [0.15, 0.2) is 14.6 Å². The zero-order valence-electron chi connectivity index (χ0n) is 16.1. The van der Waals surface area contributed by atoms with Gasteiger partial charge in [-0.3, -0.25) is 4.79 Å². The van der Waals surface area contributed by atoms with Gasteiger partial charge < -0.3 is 4.90 Å². The second kappa shape index (κ2) is 7.48. The number of benzene rings is 1. The van der Waals surface area contributed by atoms with Gasteiger partial charge in [-0.25, -0.2) is 8.42 Å². The molecule has 0 spiro atoms. The topological polar surface area (TPSA) is 54.5 Å². The normalized spacial score (nSPS) is 17.0. The molecule has 1 fully saturated rings. The summed E-state index contributed by atoms with van der Waals surface area (Å²) < 4.78 is 26.0. The van der Waals surface area contributed by atoms with Crippen LogP contribution in [0.1, 0.15) is 57.6 Å². The summed E-state index contributed by atoms with van der Waals surface area (Å²) in [6, 6.07) is 5.46. The van der Waals surface area contributed by atoms with Crippen molar-refractivity contribution in [2.45, 2.75) is 69.9 Å². The van der Waals surface area contributed by atoms with Gasteiger partial charge in [-0.05, 0) is 56.7 Å². The van der Waals surface area contributed by atoms with Crippen molar-refractivity contribution in [3.63, 3.8) is 0 Å². The minimum Gasteiger partial charge on any atom is -0.341 e. The summed E-state index contributed by atoms with van der Waals surface area (Å²) in [5.41, 5.74) is 1.62. The fraction of sp³-hybridized carbons (Fsp3) is 0.650. The van der Waals surface area contributed by atoms with Gasteiger partial charge in [0, 0.05) is 13.1 Å². The average molecular weight is 366 g/mol. The van der Waals surface area contributed by atoms with Gasteiger partial charge in [0.25, 0.3) is 0 Å². The van der Waals surface area contributed by atoms with Crippen LogP contribution in [0.15, 0.2) is 23.1 Å². The lowest BCUT2D eigenvalue weighted by Crippen LogP contribution is -2.53. The molecule has 0 saturated heterocycles. The Morgan fingerprint density at radius 2 is 1.80 bits per heavy atom. The molecule has 1 aromatic carbocycles. The molecule has 0 N–H and O–H groups in total. The molecule has 25 heavy (non-hydrogen) atoms. The quantitative estimate of drug-likeness (QED) is 0.768. The Kier molecular flexibility index (Phi) is 5.97. The third kappa shape index (κ3) is 3.62. The van der Waals surface area contributed by atoms with Gasteiger partial charge in [-0.1, -0.05) is 38.8 Å². The van der Waals surface area contributed by atoms with E-state index in [2.05, 4.69) is 13.8 Å². The molecule has 0 radical (unpaired) electrons. The van der Waals surface area contributed by atoms with Crippen molar-refractivity contribution in [2.24, 2.45) is 5.92 Å². The van der Waals surface area contributed by atoms with E-state index < -0.39 is 14.6 Å². The number of rotatable bonds is 6. The summed E-state index contributed by atoms with van der Waals surface area (Å²) in [6.45, 7) is 10.9. The standard InChI is InChI=1S/C20H31NO3S/c1-6-21(14-15(2)3)19(22)20(11-7-8-12-20)25(23,24)18-13-16(4)9-10-17(18)5/h9-10,13,15H,6-8,11-12,14H2,1-5H3. The summed E-state index contributed by atoms with van der Waals surface area (Å²) >= 11 is 0. The van der Waals surface area contributed by atoms with E-state index in [1.807, 2.05) is 32.9 Å². The van der Waals surface area contributed by atoms with Crippen molar-refractivity contribution in [3.8, 4) is 0 Å². The van der Waals surface area contributed by atoms with E-state index in [9.17, 15) is 13.2 Å². The summed E-state index contributed by atoms with van der Waals surface area (Å²) in [5, 5.41) is 0. The molecule has 1 aromatic rings. The maximum atomic E-state index is 13.6. The molecule has 0 heterocycles. The van der Waals surface area contributed by atoms with Gasteiger partial charge in [0.2, 0.25) is 5.91 Å². The highest BCUT2D eigenvalue weighted by Gasteiger charge is 2.54. The molecule has 0 atom stereocenters. The molecule has 1 aliphatic rings. The van der Waals surface area contributed by atoms with Crippen molar-refractivity contribution in [1.82, 2.24) is 4.90 Å². The van der Waals surface area contributed by atoms with Gasteiger partial charge in [0.05, 0.1) is 4.90 Å². The van der Waals surface area contributed by atoms with Crippen LogP contribution < -0.4 is 0 Å². The first-order valence-corrected chi connectivity index (χ1v) is 10.8. The number of hydrogen-bond donors (Lipinski definition) is 0. The third-order valence-electron chi connectivity index (χ3n) is 5.20. The van der Waals surface area contributed by atoms with E-state index in [0.29, 0.717) is 36.7 Å². The fourth-order valence-corrected chi connectivity index (χ4v) is 6.27. The molecule has 0 aromatic heterocycles. The molecule has 0 bridgehead atoms. The number of nitrogens with zero attached hydrogens (tertiary/aromatic N) is 1. The van der Waals surface area contributed by atoms with Crippen LogP contribution in [0.25, 0.3) is 0 Å². The van der Waals surface area contributed by atoms with Crippen LogP contribution in [0.2, 0.25) is 0 Å². The zero-order valence-corrected chi connectivity index (χ0v) is 16.9. The molecular formula is C20H31NO3S. The van der Waals surface area contributed by atoms with Gasteiger partial charge >= 0.3 is 0 Å². The van der Waals surface area contributed by atoms with Crippen molar-refractivity contribution in [3.05, 3.63) is 29.3 Å². The van der Waals surface area contributed by atoms with Gasteiger partial charge in [0.1, 0.15) is 0 Å². The lowest BCUT2D eigenvalue weighted by atomic mass is 10.0. The molecule has 2 rings (SSSR count). The average Bonchev–Trinajstić information content (AvgIpc) is 3.05. The van der Waals surface area contributed by atoms with E-state index >= 15 is 0 Å². The third-order valence-corrected chi connectivity index (χ3v) is 7.83. The van der Waals surface area contributed by atoms with Crippen molar-refractivity contribution < 1.29 is 13.2 Å². The molecule has 140 valence electrons. The first-order valence-electron chi connectivity index (χ1n) is 9.27. The second-order valence-electron chi connectivity index (χ2n) is 7.71. The number of hydrogen-bond acceptors (Lipinski definition) is 3. The van der Waals surface area contributed by atoms with Crippen LogP contribution in [0.4, 0.5) is 0 Å². The Bertz CT molecular complexity index is 731. The van der Waals surface area contributed by atoms with E-state index in [1.54, 1.807) is 11.0 Å². The van der Waals surface area contributed by atoms with Crippen LogP contribution in [-0.4, -0.2) is 37.1 Å². The van der Waals surface area contributed by atoms with Crippen molar-refractivity contribution >= 4 is 15.7 Å². The Hall–Kier alpha value is -1.36. The number of amides is 1. The predicted molar refractivity (Wildman–Crippen MR) is 101 cm³/mol. The Labute approximate surface area is 152 Å². The number of sulfone groups is 1. The van der Waals surface area contributed by atoms with Crippen LogP contribution in [0.5, 0.6) is 0 Å². The molecular weight excluding hydrogens is 334 g/mol. The van der Waals surface area contributed by atoms with Crippen LogP contribution in [-0.2, 0) is 14.6 Å². The zero-order chi connectivity index (χ0) is 18.8. The lowest BCUT2D eigenvalue weighted by molar-refractivity contribution is -0.134. The summed E-state index contributed by atoms with van der Waals surface area (Å²) in [4.78, 5) is 15.5. The smallest absolute Gasteiger partial charge is 0.244 e. The molecule has 0 aliphatic heterocycles.